The maximum atomic E-state index is 13.2. The van der Waals surface area contributed by atoms with Gasteiger partial charge in [0.25, 0.3) is 0 Å². The van der Waals surface area contributed by atoms with Crippen LogP contribution in [0.2, 0.25) is 0 Å². The SMILES string of the molecule is COc1ccc(N(C(=O)OC(C)(C)C)[C@H](c2ccccc2)[C@@H](C)C[N+](=O)[O-])cc1. The smallest absolute Gasteiger partial charge is 0.415 e. The van der Waals surface area contributed by atoms with E-state index in [1.807, 2.05) is 30.3 Å². The molecule has 0 aliphatic carbocycles. The topological polar surface area (TPSA) is 81.9 Å². The number of nitrogens with zero attached hydrogens (tertiary/aromatic N) is 2. The summed E-state index contributed by atoms with van der Waals surface area (Å²) in [6.45, 7) is 6.84. The fourth-order valence-corrected chi connectivity index (χ4v) is 3.15. The van der Waals surface area contributed by atoms with Gasteiger partial charge in [0.2, 0.25) is 6.54 Å². The molecule has 1 amide bonds. The van der Waals surface area contributed by atoms with Crippen molar-refractivity contribution in [2.45, 2.75) is 39.3 Å². The fraction of sp³-hybridized carbons (Fsp3) is 0.409. The summed E-state index contributed by atoms with van der Waals surface area (Å²) in [6.07, 6.45) is -0.563. The van der Waals surface area contributed by atoms with E-state index in [1.54, 1.807) is 59.1 Å². The minimum atomic E-state index is -0.713. The van der Waals surface area contributed by atoms with E-state index in [4.69, 9.17) is 9.47 Å². The molecule has 7 heteroatoms. The Morgan fingerprint density at radius 2 is 1.69 bits per heavy atom. The number of amides is 1. The summed E-state index contributed by atoms with van der Waals surface area (Å²) in [5, 5.41) is 11.2. The molecule has 0 saturated carbocycles. The predicted octanol–water partition coefficient (Wildman–Crippen LogP) is 5.09. The van der Waals surface area contributed by atoms with E-state index >= 15 is 0 Å². The molecular formula is C22H28N2O5. The summed E-state index contributed by atoms with van der Waals surface area (Å²) in [7, 11) is 1.56. The molecule has 0 aliphatic heterocycles. The van der Waals surface area contributed by atoms with Crippen LogP contribution in [0.4, 0.5) is 10.5 Å². The van der Waals surface area contributed by atoms with Gasteiger partial charge in [-0.2, -0.15) is 0 Å². The Kier molecular flexibility index (Phi) is 7.20. The standard InChI is InChI=1S/C22H28N2O5/c1-16(15-23(26)27)20(17-9-7-6-8-10-17)24(21(25)29-22(2,3)4)18-11-13-19(28-5)14-12-18/h6-14,16,20H,15H2,1-5H3/t16-,20-/m0/s1. The Labute approximate surface area is 171 Å². The molecule has 7 nitrogen and oxygen atoms in total. The summed E-state index contributed by atoms with van der Waals surface area (Å²) in [6, 6.07) is 15.7. The van der Waals surface area contributed by atoms with Crippen LogP contribution in [0, 0.1) is 16.0 Å². The molecule has 0 saturated heterocycles. The van der Waals surface area contributed by atoms with E-state index in [9.17, 15) is 14.9 Å². The van der Waals surface area contributed by atoms with E-state index in [0.717, 1.165) is 5.56 Å². The monoisotopic (exact) mass is 400 g/mol. The van der Waals surface area contributed by atoms with Crippen LogP contribution in [-0.4, -0.2) is 30.3 Å². The number of methoxy groups -OCH3 is 1. The third-order valence-corrected chi connectivity index (χ3v) is 4.34. The van der Waals surface area contributed by atoms with Crippen LogP contribution in [0.3, 0.4) is 0 Å². The second kappa shape index (κ2) is 9.41. The summed E-state index contributed by atoms with van der Waals surface area (Å²) < 4.78 is 10.9. The van der Waals surface area contributed by atoms with Crippen molar-refractivity contribution in [1.29, 1.82) is 0 Å². The first-order chi connectivity index (χ1) is 13.6. The van der Waals surface area contributed by atoms with Crippen LogP contribution in [-0.2, 0) is 4.74 Å². The molecule has 0 N–H and O–H groups in total. The minimum absolute atomic E-state index is 0.283. The molecule has 2 rings (SSSR count). The van der Waals surface area contributed by atoms with E-state index in [-0.39, 0.29) is 11.5 Å². The predicted molar refractivity (Wildman–Crippen MR) is 112 cm³/mol. The number of anilines is 1. The average Bonchev–Trinajstić information content (AvgIpc) is 2.64. The van der Waals surface area contributed by atoms with Gasteiger partial charge in [-0.05, 0) is 50.6 Å². The maximum absolute atomic E-state index is 13.2. The second-order valence-corrected chi connectivity index (χ2v) is 7.90. The largest absolute Gasteiger partial charge is 0.497 e. The summed E-state index contributed by atoms with van der Waals surface area (Å²) in [5.41, 5.74) is 0.655. The van der Waals surface area contributed by atoms with E-state index in [0.29, 0.717) is 11.4 Å². The van der Waals surface area contributed by atoms with Gasteiger partial charge in [0.15, 0.2) is 0 Å². The van der Waals surface area contributed by atoms with E-state index in [1.165, 1.54) is 4.90 Å². The van der Waals surface area contributed by atoms with Gasteiger partial charge in [-0.25, -0.2) is 4.79 Å². The lowest BCUT2D eigenvalue weighted by Crippen LogP contribution is -2.43. The second-order valence-electron chi connectivity index (χ2n) is 7.90. The van der Waals surface area contributed by atoms with Crippen molar-refractivity contribution in [1.82, 2.24) is 0 Å². The highest BCUT2D eigenvalue weighted by molar-refractivity contribution is 5.89. The van der Waals surface area contributed by atoms with Gasteiger partial charge in [-0.15, -0.1) is 0 Å². The van der Waals surface area contributed by atoms with Crippen molar-refractivity contribution >= 4 is 11.8 Å². The van der Waals surface area contributed by atoms with Crippen LogP contribution in [0.5, 0.6) is 5.75 Å². The van der Waals surface area contributed by atoms with Gasteiger partial charge < -0.3 is 9.47 Å². The van der Waals surface area contributed by atoms with Gasteiger partial charge in [-0.1, -0.05) is 37.3 Å². The van der Waals surface area contributed by atoms with Crippen molar-refractivity contribution in [3.05, 3.63) is 70.3 Å². The van der Waals surface area contributed by atoms with Gasteiger partial charge >= 0.3 is 6.09 Å². The zero-order valence-corrected chi connectivity index (χ0v) is 17.5. The summed E-state index contributed by atoms with van der Waals surface area (Å²) >= 11 is 0. The highest BCUT2D eigenvalue weighted by Crippen LogP contribution is 2.35. The molecule has 0 heterocycles. The van der Waals surface area contributed by atoms with Crippen LogP contribution in [0.1, 0.15) is 39.3 Å². The lowest BCUT2D eigenvalue weighted by molar-refractivity contribution is -0.488. The number of ether oxygens (including phenoxy) is 2. The van der Waals surface area contributed by atoms with Gasteiger partial charge in [0.05, 0.1) is 13.2 Å². The Bertz CT molecular complexity index is 815. The number of nitro groups is 1. The molecule has 0 bridgehead atoms. The van der Waals surface area contributed by atoms with Crippen LogP contribution in [0.25, 0.3) is 0 Å². The summed E-state index contributed by atoms with van der Waals surface area (Å²) in [4.78, 5) is 25.6. The molecule has 0 fully saturated rings. The number of carbonyl (C=O) groups excluding carboxylic acids is 1. The van der Waals surface area contributed by atoms with Crippen molar-refractivity contribution in [2.75, 3.05) is 18.6 Å². The molecule has 2 aromatic rings. The quantitative estimate of drug-likeness (QED) is 0.477. The molecule has 2 aromatic carbocycles. The maximum Gasteiger partial charge on any atom is 0.415 e. The van der Waals surface area contributed by atoms with Crippen molar-refractivity contribution in [3.8, 4) is 5.75 Å². The Morgan fingerprint density at radius 3 is 2.17 bits per heavy atom. The summed E-state index contributed by atoms with van der Waals surface area (Å²) in [5.74, 6) is 0.189. The molecule has 156 valence electrons. The average molecular weight is 400 g/mol. The van der Waals surface area contributed by atoms with Crippen LogP contribution >= 0.6 is 0 Å². The van der Waals surface area contributed by atoms with Crippen LogP contribution in [0.15, 0.2) is 54.6 Å². The number of hydrogen-bond acceptors (Lipinski definition) is 5. The lowest BCUT2D eigenvalue weighted by atomic mass is 9.92. The highest BCUT2D eigenvalue weighted by Gasteiger charge is 2.36. The molecular weight excluding hydrogens is 372 g/mol. The van der Waals surface area contributed by atoms with Crippen molar-refractivity contribution in [3.63, 3.8) is 0 Å². The number of rotatable bonds is 7. The molecule has 29 heavy (non-hydrogen) atoms. The fourth-order valence-electron chi connectivity index (χ4n) is 3.15. The van der Waals surface area contributed by atoms with Gasteiger partial charge in [0.1, 0.15) is 11.4 Å². The number of benzene rings is 2. The Morgan fingerprint density at radius 1 is 1.10 bits per heavy atom. The first kappa shape index (κ1) is 22.2. The molecule has 0 aliphatic rings. The van der Waals surface area contributed by atoms with Gasteiger partial charge in [-0.3, -0.25) is 15.0 Å². The number of hydrogen-bond donors (Lipinski definition) is 0. The molecule has 0 unspecified atom stereocenters. The molecule has 0 spiro atoms. The molecule has 0 radical (unpaired) electrons. The van der Waals surface area contributed by atoms with Crippen molar-refractivity contribution in [2.24, 2.45) is 5.92 Å². The first-order valence-electron chi connectivity index (χ1n) is 9.45. The molecule has 0 aromatic heterocycles. The van der Waals surface area contributed by atoms with E-state index < -0.39 is 23.7 Å². The normalized spacial score (nSPS) is 13.3. The highest BCUT2D eigenvalue weighted by atomic mass is 16.6. The molecule has 2 atom stereocenters. The van der Waals surface area contributed by atoms with Crippen molar-refractivity contribution < 1.29 is 19.2 Å². The Hall–Kier alpha value is -3.09. The van der Waals surface area contributed by atoms with Gasteiger partial charge in [0, 0.05) is 16.5 Å². The third-order valence-electron chi connectivity index (χ3n) is 4.34. The van der Waals surface area contributed by atoms with E-state index in [2.05, 4.69) is 0 Å². The van der Waals surface area contributed by atoms with Crippen LogP contribution < -0.4 is 9.64 Å². The third kappa shape index (κ3) is 6.20. The Balaban J connectivity index is 2.58. The first-order valence-corrected chi connectivity index (χ1v) is 9.45. The number of carbonyl (C=O) groups is 1. The lowest BCUT2D eigenvalue weighted by Gasteiger charge is -2.36. The zero-order valence-electron chi connectivity index (χ0n) is 17.5. The minimum Gasteiger partial charge on any atom is -0.497 e. The zero-order chi connectivity index (χ0) is 21.6.